The molecular weight excluding hydrogens is 376 g/mol. The van der Waals surface area contributed by atoms with Crippen LogP contribution in [0.4, 0.5) is 14.5 Å². The van der Waals surface area contributed by atoms with E-state index in [1.54, 1.807) is 0 Å². The monoisotopic (exact) mass is 399 g/mol. The normalized spacial score (nSPS) is 25.9. The van der Waals surface area contributed by atoms with Gasteiger partial charge in [0.1, 0.15) is 6.54 Å². The van der Waals surface area contributed by atoms with E-state index in [0.717, 1.165) is 38.7 Å². The molecule has 1 aliphatic carbocycles. The molecule has 1 saturated carbocycles. The Morgan fingerprint density at radius 2 is 2.07 bits per heavy atom. The third-order valence-electron chi connectivity index (χ3n) is 5.35. The summed E-state index contributed by atoms with van der Waals surface area (Å²) in [5.41, 5.74) is -0.127. The molecule has 5 nitrogen and oxygen atoms in total. The van der Waals surface area contributed by atoms with Gasteiger partial charge in [-0.05, 0) is 31.9 Å². The van der Waals surface area contributed by atoms with Gasteiger partial charge in [-0.1, -0.05) is 30.5 Å². The van der Waals surface area contributed by atoms with Crippen LogP contribution in [-0.2, 0) is 15.5 Å². The Morgan fingerprint density at radius 1 is 1.37 bits per heavy atom. The van der Waals surface area contributed by atoms with Gasteiger partial charge in [0.25, 0.3) is 5.92 Å². The number of benzene rings is 1. The van der Waals surface area contributed by atoms with E-state index in [2.05, 4.69) is 10.6 Å². The quantitative estimate of drug-likeness (QED) is 0.811. The van der Waals surface area contributed by atoms with Crippen molar-refractivity contribution in [1.29, 1.82) is 0 Å². The van der Waals surface area contributed by atoms with Crippen molar-refractivity contribution in [3.8, 4) is 0 Å². The lowest BCUT2D eigenvalue weighted by molar-refractivity contribution is -0.148. The zero-order chi connectivity index (χ0) is 19.8. The first-order valence-electron chi connectivity index (χ1n) is 9.21. The highest BCUT2D eigenvalue weighted by Crippen LogP contribution is 2.33. The smallest absolute Gasteiger partial charge is 0.270 e. The van der Waals surface area contributed by atoms with Crippen LogP contribution in [0.1, 0.15) is 45.1 Å². The summed E-state index contributed by atoms with van der Waals surface area (Å²) in [6.45, 7) is 2.47. The third-order valence-corrected chi connectivity index (χ3v) is 5.68. The lowest BCUT2D eigenvalue weighted by Crippen LogP contribution is -2.63. The summed E-state index contributed by atoms with van der Waals surface area (Å²) < 4.78 is 27.0. The lowest BCUT2D eigenvalue weighted by atomic mass is 9.81. The largest absolute Gasteiger partial charge is 0.323 e. The van der Waals surface area contributed by atoms with E-state index in [0.29, 0.717) is 0 Å². The van der Waals surface area contributed by atoms with Crippen molar-refractivity contribution in [3.63, 3.8) is 0 Å². The molecule has 1 aliphatic heterocycles. The van der Waals surface area contributed by atoms with Gasteiger partial charge in [0.15, 0.2) is 0 Å². The van der Waals surface area contributed by atoms with Crippen LogP contribution < -0.4 is 10.6 Å². The number of halogens is 3. The van der Waals surface area contributed by atoms with Gasteiger partial charge in [-0.2, -0.15) is 0 Å². The minimum absolute atomic E-state index is 0.0268. The molecule has 3 rings (SSSR count). The topological polar surface area (TPSA) is 61.4 Å². The van der Waals surface area contributed by atoms with Crippen LogP contribution in [0.25, 0.3) is 0 Å². The minimum Gasteiger partial charge on any atom is -0.323 e. The fourth-order valence-electron chi connectivity index (χ4n) is 3.88. The number of amides is 2. The fourth-order valence-corrected chi connectivity index (χ4v) is 4.05. The number of carbonyl (C=O) groups is 2. The molecule has 3 unspecified atom stereocenters. The van der Waals surface area contributed by atoms with Crippen LogP contribution in [0.3, 0.4) is 0 Å². The molecule has 2 N–H and O–H groups in total. The van der Waals surface area contributed by atoms with Crippen LogP contribution >= 0.6 is 11.6 Å². The van der Waals surface area contributed by atoms with Crippen molar-refractivity contribution in [2.24, 2.45) is 5.92 Å². The van der Waals surface area contributed by atoms with Crippen molar-refractivity contribution >= 4 is 29.1 Å². The van der Waals surface area contributed by atoms with Crippen molar-refractivity contribution in [2.45, 2.75) is 57.7 Å². The maximum Gasteiger partial charge on any atom is 0.270 e. The number of carbonyl (C=O) groups excluding carboxylic acids is 2. The summed E-state index contributed by atoms with van der Waals surface area (Å²) in [5, 5.41) is 6.13. The zero-order valence-electron chi connectivity index (χ0n) is 15.4. The molecule has 0 spiro atoms. The van der Waals surface area contributed by atoms with E-state index >= 15 is 0 Å². The molecule has 27 heavy (non-hydrogen) atoms. The predicted octanol–water partition coefficient (Wildman–Crippen LogP) is 3.73. The summed E-state index contributed by atoms with van der Waals surface area (Å²) in [6, 6.07) is 3.88. The molecular formula is C19H24ClF2N3O2. The first-order chi connectivity index (χ1) is 12.7. The first-order valence-corrected chi connectivity index (χ1v) is 9.59. The van der Waals surface area contributed by atoms with Gasteiger partial charge < -0.3 is 10.2 Å². The SMILES string of the molecule is CC1NC2CCCCC2C(=O)N1CC(=O)Nc1cc(C(C)(F)F)ccc1Cl. The number of hydrogen-bond donors (Lipinski definition) is 2. The second-order valence-electron chi connectivity index (χ2n) is 7.44. The number of nitrogens with one attached hydrogen (secondary N) is 2. The molecule has 2 aliphatic rings. The molecule has 8 heteroatoms. The zero-order valence-corrected chi connectivity index (χ0v) is 16.2. The second-order valence-corrected chi connectivity index (χ2v) is 7.84. The summed E-state index contributed by atoms with van der Waals surface area (Å²) >= 11 is 6.03. The highest BCUT2D eigenvalue weighted by molar-refractivity contribution is 6.33. The molecule has 1 aromatic rings. The van der Waals surface area contributed by atoms with Crippen LogP contribution in [-0.4, -0.2) is 35.5 Å². The third kappa shape index (κ3) is 4.41. The van der Waals surface area contributed by atoms with Crippen molar-refractivity contribution in [1.82, 2.24) is 10.2 Å². The number of fused-ring (bicyclic) bond motifs is 1. The van der Waals surface area contributed by atoms with Gasteiger partial charge in [0, 0.05) is 18.5 Å². The number of anilines is 1. The van der Waals surface area contributed by atoms with Crippen LogP contribution in [0.5, 0.6) is 0 Å². The molecule has 0 bridgehead atoms. The van der Waals surface area contributed by atoms with Gasteiger partial charge >= 0.3 is 0 Å². The van der Waals surface area contributed by atoms with Gasteiger partial charge in [-0.15, -0.1) is 0 Å². The molecule has 1 saturated heterocycles. The highest BCUT2D eigenvalue weighted by atomic mass is 35.5. The van der Waals surface area contributed by atoms with Crippen LogP contribution in [0.15, 0.2) is 18.2 Å². The van der Waals surface area contributed by atoms with Crippen LogP contribution in [0.2, 0.25) is 5.02 Å². The molecule has 2 amide bonds. The second kappa shape index (κ2) is 7.72. The van der Waals surface area contributed by atoms with E-state index < -0.39 is 11.8 Å². The molecule has 3 atom stereocenters. The standard InChI is InChI=1S/C19H24ClF2N3O2/c1-11-23-15-6-4-3-5-13(15)18(27)25(11)10-17(26)24-16-9-12(19(2,21)22)7-8-14(16)20/h7-9,11,13,15,23H,3-6,10H2,1-2H3,(H,24,26). The molecule has 1 heterocycles. The van der Waals surface area contributed by atoms with Gasteiger partial charge in [-0.25, -0.2) is 8.78 Å². The molecule has 1 aromatic carbocycles. The lowest BCUT2D eigenvalue weighted by Gasteiger charge is -2.45. The van der Waals surface area contributed by atoms with Crippen LogP contribution in [0, 0.1) is 5.92 Å². The predicted molar refractivity (Wildman–Crippen MR) is 99.7 cm³/mol. The van der Waals surface area contributed by atoms with E-state index in [-0.39, 0.29) is 46.9 Å². The number of hydrogen-bond acceptors (Lipinski definition) is 3. The Labute approximate surface area is 162 Å². The van der Waals surface area contributed by atoms with Gasteiger partial charge in [-0.3, -0.25) is 14.9 Å². The Hall–Kier alpha value is -1.73. The fraction of sp³-hybridized carbons (Fsp3) is 0.579. The van der Waals surface area contributed by atoms with Crippen molar-refractivity contribution in [2.75, 3.05) is 11.9 Å². The van der Waals surface area contributed by atoms with E-state index in [1.165, 1.54) is 17.0 Å². The van der Waals surface area contributed by atoms with E-state index in [1.807, 2.05) is 6.92 Å². The van der Waals surface area contributed by atoms with E-state index in [4.69, 9.17) is 11.6 Å². The Bertz CT molecular complexity index is 738. The minimum atomic E-state index is -3.04. The van der Waals surface area contributed by atoms with E-state index in [9.17, 15) is 18.4 Å². The maximum absolute atomic E-state index is 13.5. The first kappa shape index (κ1) is 20.0. The Kier molecular flexibility index (Phi) is 5.72. The number of rotatable bonds is 4. The summed E-state index contributed by atoms with van der Waals surface area (Å²) in [5.74, 6) is -3.64. The van der Waals surface area contributed by atoms with Gasteiger partial charge in [0.05, 0.1) is 22.8 Å². The molecule has 2 fully saturated rings. The average Bonchev–Trinajstić information content (AvgIpc) is 2.59. The van der Waals surface area contributed by atoms with Crippen molar-refractivity contribution < 1.29 is 18.4 Å². The summed E-state index contributed by atoms with van der Waals surface area (Å²) in [4.78, 5) is 26.8. The molecule has 148 valence electrons. The molecule has 0 aromatic heterocycles. The summed E-state index contributed by atoms with van der Waals surface area (Å²) in [6.07, 6.45) is 3.64. The average molecular weight is 400 g/mol. The number of alkyl halides is 2. The maximum atomic E-state index is 13.5. The van der Waals surface area contributed by atoms with Crippen molar-refractivity contribution in [3.05, 3.63) is 28.8 Å². The molecule has 0 radical (unpaired) electrons. The summed E-state index contributed by atoms with van der Waals surface area (Å²) in [7, 11) is 0. The Morgan fingerprint density at radius 3 is 2.78 bits per heavy atom. The number of nitrogens with zero attached hydrogens (tertiary/aromatic N) is 1. The Balaban J connectivity index is 1.69. The highest BCUT2D eigenvalue weighted by Gasteiger charge is 2.41. The van der Waals surface area contributed by atoms with Gasteiger partial charge in [0.2, 0.25) is 11.8 Å².